The molecule has 0 radical (unpaired) electrons. The van der Waals surface area contributed by atoms with Gasteiger partial charge in [0.2, 0.25) is 11.8 Å². The van der Waals surface area contributed by atoms with Crippen molar-refractivity contribution in [3.63, 3.8) is 0 Å². The Morgan fingerprint density at radius 3 is 2.68 bits per heavy atom. The second-order valence-electron chi connectivity index (χ2n) is 6.30. The Bertz CT molecular complexity index is 567. The molecule has 1 aromatic rings. The fourth-order valence-corrected chi connectivity index (χ4v) is 3.23. The Balaban J connectivity index is 1.73. The molecule has 0 unspecified atom stereocenters. The van der Waals surface area contributed by atoms with Crippen molar-refractivity contribution in [2.45, 2.75) is 19.3 Å². The first-order chi connectivity index (χ1) is 10.6. The van der Waals surface area contributed by atoms with Crippen LogP contribution >= 0.6 is 0 Å². The van der Waals surface area contributed by atoms with Crippen LogP contribution in [0.2, 0.25) is 0 Å². The summed E-state index contributed by atoms with van der Waals surface area (Å²) in [5.41, 5.74) is 2.10. The molecule has 2 heterocycles. The van der Waals surface area contributed by atoms with Crippen LogP contribution in [-0.4, -0.2) is 49.9 Å². The fourth-order valence-electron chi connectivity index (χ4n) is 3.23. The van der Waals surface area contributed by atoms with Gasteiger partial charge in [-0.2, -0.15) is 0 Å². The van der Waals surface area contributed by atoms with Crippen molar-refractivity contribution >= 4 is 17.5 Å². The number of carbonyl (C=O) groups is 2. The summed E-state index contributed by atoms with van der Waals surface area (Å²) in [4.78, 5) is 27.1. The third kappa shape index (κ3) is 3.30. The number of rotatable bonds is 3. The lowest BCUT2D eigenvalue weighted by Gasteiger charge is -2.32. The summed E-state index contributed by atoms with van der Waals surface area (Å²) >= 11 is 0. The number of benzene rings is 1. The summed E-state index contributed by atoms with van der Waals surface area (Å²) in [5.74, 6) is 0.686. The fraction of sp³-hybridized carbons (Fsp3) is 0.529. The van der Waals surface area contributed by atoms with E-state index in [-0.39, 0.29) is 24.9 Å². The Labute approximate surface area is 131 Å². The van der Waals surface area contributed by atoms with Crippen LogP contribution in [0.1, 0.15) is 18.4 Å². The minimum Gasteiger partial charge on any atom is -0.335 e. The molecule has 2 saturated heterocycles. The van der Waals surface area contributed by atoms with E-state index in [1.54, 1.807) is 11.9 Å². The maximum Gasteiger partial charge on any atom is 0.247 e. The van der Waals surface area contributed by atoms with E-state index in [0.717, 1.165) is 25.2 Å². The number of anilines is 1. The number of hydrogen-bond donors (Lipinski definition) is 1. The second kappa shape index (κ2) is 6.48. The van der Waals surface area contributed by atoms with E-state index >= 15 is 0 Å². The van der Waals surface area contributed by atoms with Crippen molar-refractivity contribution in [3.05, 3.63) is 29.8 Å². The number of likely N-dealkylation sites (N-methyl/N-ethyl adjacent to an activating group) is 1. The van der Waals surface area contributed by atoms with Crippen molar-refractivity contribution in [2.75, 3.05) is 38.1 Å². The molecule has 22 heavy (non-hydrogen) atoms. The average molecular weight is 301 g/mol. The Kier molecular flexibility index (Phi) is 4.43. The van der Waals surface area contributed by atoms with Gasteiger partial charge in [0.25, 0.3) is 0 Å². The zero-order chi connectivity index (χ0) is 15.5. The highest BCUT2D eigenvalue weighted by Crippen LogP contribution is 2.23. The molecule has 0 bridgehead atoms. The summed E-state index contributed by atoms with van der Waals surface area (Å²) in [6.07, 6.45) is 3.46. The standard InChI is InChI=1S/C17H23N3O2/c1-19-11-17(22)20(12-16(19)21)15-4-2-3-14(10-15)9-13-5-7-18-8-6-13/h2-4,10,13,18H,5-9,11-12H2,1H3. The lowest BCUT2D eigenvalue weighted by atomic mass is 9.91. The molecule has 0 saturated carbocycles. The number of hydrogen-bond acceptors (Lipinski definition) is 3. The van der Waals surface area contributed by atoms with Crippen LogP contribution in [0.5, 0.6) is 0 Å². The van der Waals surface area contributed by atoms with Crippen molar-refractivity contribution in [2.24, 2.45) is 5.92 Å². The van der Waals surface area contributed by atoms with Crippen molar-refractivity contribution < 1.29 is 9.59 Å². The lowest BCUT2D eigenvalue weighted by Crippen LogP contribution is -2.52. The van der Waals surface area contributed by atoms with Crippen molar-refractivity contribution in [1.82, 2.24) is 10.2 Å². The molecule has 1 N–H and O–H groups in total. The Morgan fingerprint density at radius 1 is 1.14 bits per heavy atom. The molecule has 0 atom stereocenters. The average Bonchev–Trinajstić information content (AvgIpc) is 2.52. The van der Waals surface area contributed by atoms with Gasteiger partial charge in [0, 0.05) is 12.7 Å². The van der Waals surface area contributed by atoms with Gasteiger partial charge in [0.1, 0.15) is 6.54 Å². The van der Waals surface area contributed by atoms with Crippen LogP contribution < -0.4 is 10.2 Å². The monoisotopic (exact) mass is 301 g/mol. The van der Waals surface area contributed by atoms with E-state index in [9.17, 15) is 9.59 Å². The molecule has 0 spiro atoms. The molecule has 0 aromatic heterocycles. The van der Waals surface area contributed by atoms with Crippen molar-refractivity contribution in [1.29, 1.82) is 0 Å². The maximum absolute atomic E-state index is 12.2. The highest BCUT2D eigenvalue weighted by Gasteiger charge is 2.28. The van der Waals surface area contributed by atoms with Gasteiger partial charge in [-0.3, -0.25) is 9.59 Å². The summed E-state index contributed by atoms with van der Waals surface area (Å²) in [6.45, 7) is 2.50. The predicted molar refractivity (Wildman–Crippen MR) is 85.7 cm³/mol. The molecule has 2 aliphatic heterocycles. The molecular weight excluding hydrogens is 278 g/mol. The van der Waals surface area contributed by atoms with Crippen LogP contribution in [0.15, 0.2) is 24.3 Å². The van der Waals surface area contributed by atoms with Crippen LogP contribution in [-0.2, 0) is 16.0 Å². The summed E-state index contributed by atoms with van der Waals surface area (Å²) in [5, 5.41) is 3.38. The van der Waals surface area contributed by atoms with E-state index in [2.05, 4.69) is 17.4 Å². The molecule has 118 valence electrons. The third-order valence-corrected chi connectivity index (χ3v) is 4.60. The number of nitrogens with zero attached hydrogens (tertiary/aromatic N) is 2. The van der Waals surface area contributed by atoms with E-state index in [0.29, 0.717) is 5.92 Å². The van der Waals surface area contributed by atoms with Gasteiger partial charge in [-0.05, 0) is 56.0 Å². The minimum atomic E-state index is -0.0129. The van der Waals surface area contributed by atoms with Gasteiger partial charge in [-0.15, -0.1) is 0 Å². The molecule has 1 aromatic carbocycles. The van der Waals surface area contributed by atoms with E-state index < -0.39 is 0 Å². The molecule has 3 rings (SSSR count). The van der Waals surface area contributed by atoms with E-state index in [4.69, 9.17) is 0 Å². The second-order valence-corrected chi connectivity index (χ2v) is 6.30. The van der Waals surface area contributed by atoms with E-state index in [1.807, 2.05) is 12.1 Å². The highest BCUT2D eigenvalue weighted by atomic mass is 16.2. The normalized spacial score (nSPS) is 20.6. The predicted octanol–water partition coefficient (Wildman–Crippen LogP) is 1.03. The Hall–Kier alpha value is -1.88. The van der Waals surface area contributed by atoms with Gasteiger partial charge >= 0.3 is 0 Å². The van der Waals surface area contributed by atoms with Gasteiger partial charge in [0.15, 0.2) is 0 Å². The molecule has 5 heteroatoms. The third-order valence-electron chi connectivity index (χ3n) is 4.60. The molecule has 0 aliphatic carbocycles. The first-order valence-electron chi connectivity index (χ1n) is 7.97. The zero-order valence-corrected chi connectivity index (χ0v) is 13.0. The quantitative estimate of drug-likeness (QED) is 0.907. The first-order valence-corrected chi connectivity index (χ1v) is 7.97. The number of carbonyl (C=O) groups excluding carboxylic acids is 2. The molecule has 5 nitrogen and oxygen atoms in total. The summed E-state index contributed by atoms with van der Waals surface area (Å²) in [7, 11) is 1.67. The molecule has 2 aliphatic rings. The highest BCUT2D eigenvalue weighted by molar-refractivity contribution is 6.04. The summed E-state index contributed by atoms with van der Waals surface area (Å²) < 4.78 is 0. The summed E-state index contributed by atoms with van der Waals surface area (Å²) in [6, 6.07) is 8.09. The van der Waals surface area contributed by atoms with E-state index in [1.165, 1.54) is 23.3 Å². The SMILES string of the molecule is CN1CC(=O)N(c2cccc(CC3CCNCC3)c2)CC1=O. The van der Waals surface area contributed by atoms with Gasteiger partial charge in [-0.25, -0.2) is 0 Å². The van der Waals surface area contributed by atoms with Crippen LogP contribution in [0.3, 0.4) is 0 Å². The topological polar surface area (TPSA) is 52.7 Å². The Morgan fingerprint density at radius 2 is 1.91 bits per heavy atom. The van der Waals surface area contributed by atoms with Gasteiger partial charge in [0.05, 0.1) is 6.54 Å². The smallest absolute Gasteiger partial charge is 0.247 e. The first kappa shape index (κ1) is 15.0. The van der Waals surface area contributed by atoms with Gasteiger partial charge < -0.3 is 15.1 Å². The van der Waals surface area contributed by atoms with Crippen LogP contribution in [0.4, 0.5) is 5.69 Å². The largest absolute Gasteiger partial charge is 0.335 e. The number of nitrogens with one attached hydrogen (secondary N) is 1. The maximum atomic E-state index is 12.2. The number of piperidine rings is 1. The van der Waals surface area contributed by atoms with Crippen LogP contribution in [0, 0.1) is 5.92 Å². The number of piperazine rings is 1. The lowest BCUT2D eigenvalue weighted by molar-refractivity contribution is -0.136. The van der Waals surface area contributed by atoms with Gasteiger partial charge in [-0.1, -0.05) is 12.1 Å². The molecular formula is C17H23N3O2. The number of amides is 2. The molecule has 2 amide bonds. The zero-order valence-electron chi connectivity index (χ0n) is 13.0. The minimum absolute atomic E-state index is 0.0108. The van der Waals surface area contributed by atoms with Crippen LogP contribution in [0.25, 0.3) is 0 Å². The molecule has 2 fully saturated rings. The van der Waals surface area contributed by atoms with Crippen molar-refractivity contribution in [3.8, 4) is 0 Å².